The van der Waals surface area contributed by atoms with Gasteiger partial charge in [-0.2, -0.15) is 13.2 Å². The second-order valence-electron chi connectivity index (χ2n) is 1.93. The van der Waals surface area contributed by atoms with Crippen LogP contribution in [0.4, 0.5) is 13.2 Å². The zero-order valence-electron chi connectivity index (χ0n) is 5.33. The Morgan fingerprint density at radius 2 is 1.82 bits per heavy atom. The summed E-state index contributed by atoms with van der Waals surface area (Å²) in [7, 11) is 0. The molecule has 1 unspecified atom stereocenters. The molecule has 0 spiro atoms. The molecule has 63 valence electrons. The molecule has 0 aromatic rings. The van der Waals surface area contributed by atoms with Gasteiger partial charge in [-0.3, -0.25) is 9.59 Å². The highest BCUT2D eigenvalue weighted by atomic mass is 35.5. The Hall–Kier alpha value is -0.580. The second-order valence-corrected chi connectivity index (χ2v) is 2.69. The van der Waals surface area contributed by atoms with Gasteiger partial charge < -0.3 is 0 Å². The zero-order chi connectivity index (χ0) is 9.28. The van der Waals surface area contributed by atoms with Gasteiger partial charge in [0.2, 0.25) is 6.29 Å². The van der Waals surface area contributed by atoms with Crippen LogP contribution < -0.4 is 0 Å². The van der Waals surface area contributed by atoms with E-state index in [-0.39, 0.29) is 0 Å². The van der Waals surface area contributed by atoms with E-state index >= 15 is 0 Å². The molecule has 0 saturated carbocycles. The van der Waals surface area contributed by atoms with Crippen molar-refractivity contribution in [1.29, 1.82) is 0 Å². The third kappa shape index (κ3) is 2.49. The molecule has 6 heteroatoms. The summed E-state index contributed by atoms with van der Waals surface area (Å²) in [4.78, 5) is 17.3. The highest BCUT2D eigenvalue weighted by Gasteiger charge is 2.50. The highest BCUT2D eigenvalue weighted by Crippen LogP contribution is 2.26. The van der Waals surface area contributed by atoms with Gasteiger partial charge in [0.1, 0.15) is 0 Å². The predicted molar refractivity (Wildman–Crippen MR) is 31.0 cm³/mol. The number of halogens is 4. The lowest BCUT2D eigenvalue weighted by Crippen LogP contribution is -2.41. The first-order valence-corrected chi connectivity index (χ1v) is 2.79. The molecular weight excluding hydrogens is 184 g/mol. The van der Waals surface area contributed by atoms with E-state index in [1.54, 1.807) is 0 Å². The van der Waals surface area contributed by atoms with Crippen LogP contribution in [0.2, 0.25) is 0 Å². The molecule has 11 heavy (non-hydrogen) atoms. The number of ketones is 1. The largest absolute Gasteiger partial charge is 0.452 e. The van der Waals surface area contributed by atoms with Crippen LogP contribution in [-0.4, -0.2) is 23.1 Å². The predicted octanol–water partition coefficient (Wildman–Crippen LogP) is 1.23. The lowest BCUT2D eigenvalue weighted by Gasteiger charge is -2.13. The molecule has 0 amide bonds. The van der Waals surface area contributed by atoms with Crippen molar-refractivity contribution in [3.8, 4) is 0 Å². The normalized spacial score (nSPS) is 17.2. The maximum absolute atomic E-state index is 11.5. The van der Waals surface area contributed by atoms with Crippen molar-refractivity contribution in [3.63, 3.8) is 0 Å². The summed E-state index contributed by atoms with van der Waals surface area (Å²) in [5.41, 5.74) is 0. The van der Waals surface area contributed by atoms with E-state index in [1.165, 1.54) is 0 Å². The lowest BCUT2D eigenvalue weighted by molar-refractivity contribution is -0.171. The van der Waals surface area contributed by atoms with Gasteiger partial charge in [-0.25, -0.2) is 0 Å². The minimum Gasteiger partial charge on any atom is -0.288 e. The van der Waals surface area contributed by atoms with Crippen molar-refractivity contribution in [2.75, 3.05) is 0 Å². The van der Waals surface area contributed by atoms with Crippen LogP contribution in [0.1, 0.15) is 6.92 Å². The first kappa shape index (κ1) is 10.4. The monoisotopic (exact) mass is 187 g/mol. The van der Waals surface area contributed by atoms with Crippen molar-refractivity contribution in [2.45, 2.75) is 18.0 Å². The number of hydrogen-bond donors (Lipinski definition) is 0. The molecule has 0 fully saturated rings. The Labute approximate surface area is 65.3 Å². The Bertz CT molecular complexity index is 185. The smallest absolute Gasteiger partial charge is 0.288 e. The Kier molecular flexibility index (Phi) is 2.66. The summed E-state index contributed by atoms with van der Waals surface area (Å²) in [6.07, 6.45) is -4.30. The topological polar surface area (TPSA) is 34.1 Å². The van der Waals surface area contributed by atoms with E-state index in [0.717, 1.165) is 6.29 Å². The Morgan fingerprint density at radius 3 is 1.91 bits per heavy atom. The van der Waals surface area contributed by atoms with E-state index in [1.807, 2.05) is 0 Å². The summed E-state index contributed by atoms with van der Waals surface area (Å²) in [5, 5.41) is 0. The third-order valence-corrected chi connectivity index (χ3v) is 1.12. The molecular formula is C5H3ClF3O2. The first-order valence-electron chi connectivity index (χ1n) is 2.41. The maximum atomic E-state index is 11.5. The number of carbonyl (C=O) groups is 1. The van der Waals surface area contributed by atoms with Gasteiger partial charge in [0.25, 0.3) is 5.78 Å². The van der Waals surface area contributed by atoms with E-state index in [0.29, 0.717) is 6.92 Å². The van der Waals surface area contributed by atoms with Crippen LogP contribution in [0.3, 0.4) is 0 Å². The van der Waals surface area contributed by atoms with Gasteiger partial charge in [0.05, 0.1) is 0 Å². The summed E-state index contributed by atoms with van der Waals surface area (Å²) < 4.78 is 34.6. The molecule has 0 heterocycles. The number of carbonyl (C=O) groups excluding carboxylic acids is 2. The van der Waals surface area contributed by atoms with Crippen LogP contribution in [-0.2, 0) is 9.59 Å². The van der Waals surface area contributed by atoms with E-state index in [9.17, 15) is 22.8 Å². The average Bonchev–Trinajstić information content (AvgIpc) is 1.84. The van der Waals surface area contributed by atoms with Crippen molar-refractivity contribution in [3.05, 3.63) is 0 Å². The maximum Gasteiger partial charge on any atom is 0.452 e. The molecule has 0 aliphatic heterocycles. The fourth-order valence-corrected chi connectivity index (χ4v) is 0.420. The van der Waals surface area contributed by atoms with Gasteiger partial charge >= 0.3 is 6.18 Å². The van der Waals surface area contributed by atoms with Gasteiger partial charge in [0, 0.05) is 0 Å². The van der Waals surface area contributed by atoms with E-state index in [2.05, 4.69) is 0 Å². The minimum atomic E-state index is -5.09. The van der Waals surface area contributed by atoms with E-state index < -0.39 is 16.8 Å². The summed E-state index contributed by atoms with van der Waals surface area (Å²) in [6, 6.07) is 0. The molecule has 0 aliphatic carbocycles. The molecule has 0 bridgehead atoms. The lowest BCUT2D eigenvalue weighted by atomic mass is 10.1. The molecule has 1 radical (unpaired) electrons. The molecule has 0 rings (SSSR count). The van der Waals surface area contributed by atoms with Crippen molar-refractivity contribution in [2.24, 2.45) is 0 Å². The van der Waals surface area contributed by atoms with Gasteiger partial charge in [-0.15, -0.1) is 11.6 Å². The first-order chi connectivity index (χ1) is 4.72. The molecule has 2 nitrogen and oxygen atoms in total. The average molecular weight is 188 g/mol. The number of alkyl halides is 4. The van der Waals surface area contributed by atoms with Gasteiger partial charge in [-0.1, -0.05) is 0 Å². The second kappa shape index (κ2) is 2.81. The fraction of sp³-hybridized carbons (Fsp3) is 0.600. The zero-order valence-corrected chi connectivity index (χ0v) is 6.08. The third-order valence-electron chi connectivity index (χ3n) is 0.876. The summed E-state index contributed by atoms with van der Waals surface area (Å²) >= 11 is 4.86. The molecule has 0 aromatic carbocycles. The van der Waals surface area contributed by atoms with Crippen LogP contribution >= 0.6 is 11.6 Å². The van der Waals surface area contributed by atoms with E-state index in [4.69, 9.17) is 11.6 Å². The minimum absolute atomic E-state index is 0.636. The standard InChI is InChI=1S/C5H3ClF3O2/c1-4(6,2-10)3(11)5(7,8)9/h1H3. The van der Waals surface area contributed by atoms with Gasteiger partial charge in [0.15, 0.2) is 4.87 Å². The Morgan fingerprint density at radius 1 is 1.45 bits per heavy atom. The quantitative estimate of drug-likeness (QED) is 0.481. The fourth-order valence-electron chi connectivity index (χ4n) is 0.313. The van der Waals surface area contributed by atoms with Crippen LogP contribution in [0.15, 0.2) is 0 Å². The number of Topliss-reactive ketones (excluding diaryl/α,β-unsaturated/α-hetero) is 1. The molecule has 0 saturated heterocycles. The molecule has 1 atom stereocenters. The molecule has 0 aromatic heterocycles. The number of rotatable bonds is 2. The molecule has 0 N–H and O–H groups in total. The van der Waals surface area contributed by atoms with Crippen LogP contribution in [0, 0.1) is 0 Å². The van der Waals surface area contributed by atoms with Crippen molar-refractivity contribution >= 4 is 23.7 Å². The van der Waals surface area contributed by atoms with Crippen molar-refractivity contribution < 1.29 is 22.8 Å². The molecule has 0 aliphatic rings. The van der Waals surface area contributed by atoms with Crippen LogP contribution in [0.25, 0.3) is 0 Å². The van der Waals surface area contributed by atoms with Crippen molar-refractivity contribution in [1.82, 2.24) is 0 Å². The van der Waals surface area contributed by atoms with Gasteiger partial charge in [-0.05, 0) is 6.92 Å². The SMILES string of the molecule is CC(Cl)([C]=O)C(=O)C(F)(F)F. The van der Waals surface area contributed by atoms with Crippen LogP contribution in [0.5, 0.6) is 0 Å². The Balaban J connectivity index is 4.63. The summed E-state index contributed by atoms with van der Waals surface area (Å²) in [5.74, 6) is -2.30. The number of hydrogen-bond acceptors (Lipinski definition) is 2. The highest BCUT2D eigenvalue weighted by molar-refractivity contribution is 6.43. The summed E-state index contributed by atoms with van der Waals surface area (Å²) in [6.45, 7) is 0.636.